The molecule has 0 bridgehead atoms. The number of likely N-dealkylation sites (N-methyl/N-ethyl adjacent to an activating group) is 1. The van der Waals surface area contributed by atoms with Gasteiger partial charge in [-0.05, 0) is 19.2 Å². The molecule has 1 saturated heterocycles. The van der Waals surface area contributed by atoms with Gasteiger partial charge in [-0.2, -0.15) is 0 Å². The molecule has 0 atom stereocenters. The molecule has 5 heteroatoms. The zero-order chi connectivity index (χ0) is 12.4. The average Bonchev–Trinajstić information content (AvgIpc) is 2.28. The van der Waals surface area contributed by atoms with Crippen molar-refractivity contribution in [3.8, 4) is 0 Å². The second-order valence-electron chi connectivity index (χ2n) is 4.30. The van der Waals surface area contributed by atoms with Gasteiger partial charge in [0.25, 0.3) is 0 Å². The minimum Gasteiger partial charge on any atom is -0.354 e. The third kappa shape index (κ3) is 2.79. The van der Waals surface area contributed by atoms with E-state index in [-0.39, 0.29) is 5.84 Å². The fourth-order valence-corrected chi connectivity index (χ4v) is 1.90. The Morgan fingerprint density at radius 2 is 1.59 bits per heavy atom. The molecule has 2 rings (SSSR count). The van der Waals surface area contributed by atoms with Gasteiger partial charge in [0, 0.05) is 37.8 Å². The summed E-state index contributed by atoms with van der Waals surface area (Å²) in [7, 11) is 2.02. The van der Waals surface area contributed by atoms with Gasteiger partial charge < -0.3 is 9.80 Å². The van der Waals surface area contributed by atoms with Crippen molar-refractivity contribution in [2.75, 3.05) is 33.2 Å². The van der Waals surface area contributed by atoms with Gasteiger partial charge in [-0.1, -0.05) is 0 Å². The highest BCUT2D eigenvalue weighted by Crippen LogP contribution is 2.12. The molecule has 1 aromatic rings. The maximum atomic E-state index is 13.1. The predicted molar refractivity (Wildman–Crippen MR) is 62.3 cm³/mol. The fourth-order valence-electron chi connectivity index (χ4n) is 1.90. The molecule has 1 aliphatic heterocycles. The molecule has 92 valence electrons. The molecule has 1 heterocycles. The van der Waals surface area contributed by atoms with Crippen molar-refractivity contribution in [2.45, 2.75) is 0 Å². The van der Waals surface area contributed by atoms with Crippen LogP contribution in [0.2, 0.25) is 0 Å². The Hall–Kier alpha value is -1.49. The normalized spacial score (nSPS) is 17.2. The molecule has 0 saturated carbocycles. The van der Waals surface area contributed by atoms with Gasteiger partial charge in [0.2, 0.25) is 0 Å². The molecule has 1 aromatic carbocycles. The molecule has 0 amide bonds. The van der Waals surface area contributed by atoms with E-state index in [0.29, 0.717) is 18.7 Å². The van der Waals surface area contributed by atoms with E-state index in [1.165, 1.54) is 12.1 Å². The Kier molecular flexibility index (Phi) is 3.38. The Morgan fingerprint density at radius 3 is 2.12 bits per heavy atom. The Bertz CT molecular complexity index is 406. The summed E-state index contributed by atoms with van der Waals surface area (Å²) in [4.78, 5) is 4.00. The summed E-state index contributed by atoms with van der Waals surface area (Å²) in [6.45, 7) is 3.15. The number of halogens is 2. The van der Waals surface area contributed by atoms with E-state index < -0.39 is 11.6 Å². The van der Waals surface area contributed by atoms with Crippen molar-refractivity contribution in [3.63, 3.8) is 0 Å². The summed E-state index contributed by atoms with van der Waals surface area (Å²) < 4.78 is 26.1. The number of hydrogen-bond donors (Lipinski definition) is 1. The minimum absolute atomic E-state index is 0.191. The number of benzene rings is 1. The maximum absolute atomic E-state index is 13.1. The summed E-state index contributed by atoms with van der Waals surface area (Å²) in [6, 6.07) is 3.22. The second-order valence-corrected chi connectivity index (χ2v) is 4.30. The van der Waals surface area contributed by atoms with Gasteiger partial charge >= 0.3 is 0 Å². The lowest BCUT2D eigenvalue weighted by Crippen LogP contribution is -2.47. The standard InChI is InChI=1S/C12H15F2N3/c1-16-2-4-17(5-3-16)12(15)9-6-10(13)8-11(14)7-9/h6-8,15H,2-5H2,1H3. The molecular formula is C12H15F2N3. The summed E-state index contributed by atoms with van der Waals surface area (Å²) in [5.41, 5.74) is 0.298. The van der Waals surface area contributed by atoms with Crippen LogP contribution in [0, 0.1) is 17.0 Å². The zero-order valence-corrected chi connectivity index (χ0v) is 9.71. The van der Waals surface area contributed by atoms with Crippen molar-refractivity contribution in [2.24, 2.45) is 0 Å². The van der Waals surface area contributed by atoms with Crippen LogP contribution in [-0.4, -0.2) is 48.9 Å². The van der Waals surface area contributed by atoms with Gasteiger partial charge in [0.15, 0.2) is 0 Å². The Labute approximate surface area is 99.2 Å². The van der Waals surface area contributed by atoms with Crippen molar-refractivity contribution >= 4 is 5.84 Å². The maximum Gasteiger partial charge on any atom is 0.128 e. The van der Waals surface area contributed by atoms with Crippen LogP contribution in [0.25, 0.3) is 0 Å². The molecule has 0 radical (unpaired) electrons. The number of hydrogen-bond acceptors (Lipinski definition) is 2. The average molecular weight is 239 g/mol. The van der Waals surface area contributed by atoms with Crippen molar-refractivity contribution in [3.05, 3.63) is 35.4 Å². The van der Waals surface area contributed by atoms with Crippen LogP contribution >= 0.6 is 0 Å². The molecule has 0 aromatic heterocycles. The minimum atomic E-state index is -0.640. The van der Waals surface area contributed by atoms with E-state index in [9.17, 15) is 8.78 Å². The topological polar surface area (TPSA) is 30.3 Å². The van der Waals surface area contributed by atoms with Gasteiger partial charge in [-0.15, -0.1) is 0 Å². The van der Waals surface area contributed by atoms with E-state index in [1.807, 2.05) is 11.9 Å². The number of piperazine rings is 1. The lowest BCUT2D eigenvalue weighted by atomic mass is 10.1. The quantitative estimate of drug-likeness (QED) is 0.595. The third-order valence-corrected chi connectivity index (χ3v) is 2.96. The number of amidine groups is 1. The van der Waals surface area contributed by atoms with E-state index in [0.717, 1.165) is 19.2 Å². The van der Waals surface area contributed by atoms with E-state index in [2.05, 4.69) is 4.90 Å². The molecule has 1 N–H and O–H groups in total. The molecular weight excluding hydrogens is 224 g/mol. The number of rotatable bonds is 1. The van der Waals surface area contributed by atoms with E-state index >= 15 is 0 Å². The molecule has 1 aliphatic rings. The lowest BCUT2D eigenvalue weighted by Gasteiger charge is -2.34. The highest BCUT2D eigenvalue weighted by atomic mass is 19.1. The second kappa shape index (κ2) is 4.79. The third-order valence-electron chi connectivity index (χ3n) is 2.96. The van der Waals surface area contributed by atoms with Crippen LogP contribution in [0.4, 0.5) is 8.78 Å². The van der Waals surface area contributed by atoms with Gasteiger partial charge in [0.05, 0.1) is 0 Å². The zero-order valence-electron chi connectivity index (χ0n) is 9.71. The lowest BCUT2D eigenvalue weighted by molar-refractivity contribution is 0.215. The molecule has 1 fully saturated rings. The fraction of sp³-hybridized carbons (Fsp3) is 0.417. The van der Waals surface area contributed by atoms with Gasteiger partial charge in [-0.25, -0.2) is 8.78 Å². The van der Waals surface area contributed by atoms with E-state index in [1.54, 1.807) is 0 Å². The highest BCUT2D eigenvalue weighted by Gasteiger charge is 2.18. The van der Waals surface area contributed by atoms with Crippen LogP contribution in [0.5, 0.6) is 0 Å². The van der Waals surface area contributed by atoms with Crippen LogP contribution in [0.1, 0.15) is 5.56 Å². The summed E-state index contributed by atoms with van der Waals surface area (Å²) in [5, 5.41) is 7.96. The van der Waals surface area contributed by atoms with Crippen LogP contribution in [-0.2, 0) is 0 Å². The number of nitrogens with zero attached hydrogens (tertiary/aromatic N) is 2. The molecule has 0 spiro atoms. The first-order valence-corrected chi connectivity index (χ1v) is 5.55. The molecule has 3 nitrogen and oxygen atoms in total. The molecule has 17 heavy (non-hydrogen) atoms. The van der Waals surface area contributed by atoms with E-state index in [4.69, 9.17) is 5.41 Å². The SMILES string of the molecule is CN1CCN(C(=N)c2cc(F)cc(F)c2)CC1. The highest BCUT2D eigenvalue weighted by molar-refractivity contribution is 5.96. The summed E-state index contributed by atoms with van der Waals surface area (Å²) in [5.74, 6) is -1.09. The smallest absolute Gasteiger partial charge is 0.128 e. The number of nitrogens with one attached hydrogen (secondary N) is 1. The van der Waals surface area contributed by atoms with Crippen molar-refractivity contribution in [1.29, 1.82) is 5.41 Å². The Morgan fingerprint density at radius 1 is 1.06 bits per heavy atom. The first-order chi connectivity index (χ1) is 8.06. The summed E-state index contributed by atoms with van der Waals surface area (Å²) in [6.07, 6.45) is 0. The predicted octanol–water partition coefficient (Wildman–Crippen LogP) is 1.54. The monoisotopic (exact) mass is 239 g/mol. The van der Waals surface area contributed by atoms with Gasteiger partial charge in [-0.3, -0.25) is 5.41 Å². The van der Waals surface area contributed by atoms with Gasteiger partial charge in [0.1, 0.15) is 17.5 Å². The van der Waals surface area contributed by atoms with Crippen LogP contribution in [0.15, 0.2) is 18.2 Å². The Balaban J connectivity index is 2.14. The molecule has 0 unspecified atom stereocenters. The largest absolute Gasteiger partial charge is 0.354 e. The first kappa shape index (κ1) is 12.0. The first-order valence-electron chi connectivity index (χ1n) is 5.55. The van der Waals surface area contributed by atoms with Crippen LogP contribution < -0.4 is 0 Å². The van der Waals surface area contributed by atoms with Crippen molar-refractivity contribution < 1.29 is 8.78 Å². The van der Waals surface area contributed by atoms with Crippen molar-refractivity contribution in [1.82, 2.24) is 9.80 Å². The van der Waals surface area contributed by atoms with Crippen LogP contribution in [0.3, 0.4) is 0 Å². The molecule has 0 aliphatic carbocycles. The summed E-state index contributed by atoms with van der Waals surface area (Å²) >= 11 is 0.